The summed E-state index contributed by atoms with van der Waals surface area (Å²) in [6.07, 6.45) is 1.43. The number of likely N-dealkylation sites (tertiary alicyclic amines) is 1. The van der Waals surface area contributed by atoms with Gasteiger partial charge < -0.3 is 9.64 Å². The number of nitrogens with zero attached hydrogens (tertiary/aromatic N) is 3. The molecule has 8 heteroatoms. The van der Waals surface area contributed by atoms with E-state index < -0.39 is 6.04 Å². The molecule has 1 fully saturated rings. The molecule has 1 aliphatic heterocycles. The first-order valence-electron chi connectivity index (χ1n) is 8.63. The van der Waals surface area contributed by atoms with Crippen LogP contribution in [-0.2, 0) is 9.53 Å². The number of hydrogen-bond donors (Lipinski definition) is 0. The minimum atomic E-state index is -0.502. The number of carbonyl (C=O) groups excluding carboxylic acids is 2. The number of aryl methyl sites for hydroxylation is 1. The number of benzene rings is 1. The van der Waals surface area contributed by atoms with E-state index in [1.54, 1.807) is 9.58 Å². The Kier molecular flexibility index (Phi) is 4.65. The van der Waals surface area contributed by atoms with Crippen molar-refractivity contribution in [3.8, 4) is 5.69 Å². The van der Waals surface area contributed by atoms with E-state index in [-0.39, 0.29) is 11.9 Å². The largest absolute Gasteiger partial charge is 0.467 e. The van der Waals surface area contributed by atoms with Gasteiger partial charge in [-0.1, -0.05) is 17.7 Å². The molecule has 0 bridgehead atoms. The second kappa shape index (κ2) is 6.98. The molecule has 1 saturated heterocycles. The maximum absolute atomic E-state index is 13.0. The van der Waals surface area contributed by atoms with Gasteiger partial charge in [0.1, 0.15) is 10.9 Å². The van der Waals surface area contributed by atoms with Crippen molar-refractivity contribution in [2.45, 2.75) is 25.8 Å². The van der Waals surface area contributed by atoms with Crippen LogP contribution in [0.4, 0.5) is 0 Å². The van der Waals surface area contributed by atoms with Crippen LogP contribution < -0.4 is 0 Å². The van der Waals surface area contributed by atoms with E-state index in [1.165, 1.54) is 18.4 Å². The second-order valence-corrected chi connectivity index (χ2v) is 7.95. The summed E-state index contributed by atoms with van der Waals surface area (Å²) in [4.78, 5) is 28.1. The molecule has 0 spiro atoms. The number of hydrogen-bond acceptors (Lipinski definition) is 5. The number of methoxy groups -OCH3 is 1. The number of thiophene rings is 1. The van der Waals surface area contributed by atoms with Gasteiger partial charge in [-0.05, 0) is 44.0 Å². The average molecular weight is 404 g/mol. The monoisotopic (exact) mass is 403 g/mol. The molecule has 1 unspecified atom stereocenters. The van der Waals surface area contributed by atoms with Gasteiger partial charge in [-0.3, -0.25) is 4.79 Å². The van der Waals surface area contributed by atoms with Crippen LogP contribution >= 0.6 is 22.9 Å². The SMILES string of the molecule is COC(=O)C1CCCN1C(=O)c1cc2c(C)nn(-c3cccc(Cl)c3)c2s1. The van der Waals surface area contributed by atoms with E-state index in [9.17, 15) is 9.59 Å². The summed E-state index contributed by atoms with van der Waals surface area (Å²) in [5.74, 6) is -0.496. The number of halogens is 1. The topological polar surface area (TPSA) is 64.4 Å². The van der Waals surface area contributed by atoms with Crippen molar-refractivity contribution < 1.29 is 14.3 Å². The van der Waals surface area contributed by atoms with Crippen LogP contribution in [0.2, 0.25) is 5.02 Å². The first-order valence-corrected chi connectivity index (χ1v) is 9.83. The molecule has 3 heterocycles. The van der Waals surface area contributed by atoms with Crippen molar-refractivity contribution in [1.29, 1.82) is 0 Å². The summed E-state index contributed by atoms with van der Waals surface area (Å²) >= 11 is 7.49. The lowest BCUT2D eigenvalue weighted by molar-refractivity contribution is -0.145. The summed E-state index contributed by atoms with van der Waals surface area (Å²) in [5, 5.41) is 6.14. The first kappa shape index (κ1) is 18.0. The highest BCUT2D eigenvalue weighted by Gasteiger charge is 2.36. The summed E-state index contributed by atoms with van der Waals surface area (Å²) in [5.41, 5.74) is 1.68. The molecule has 4 rings (SSSR count). The molecule has 3 aromatic rings. The zero-order valence-corrected chi connectivity index (χ0v) is 16.5. The maximum Gasteiger partial charge on any atom is 0.328 e. The lowest BCUT2D eigenvalue weighted by atomic mass is 10.2. The summed E-state index contributed by atoms with van der Waals surface area (Å²) in [6, 6.07) is 8.79. The first-order chi connectivity index (χ1) is 13.0. The molecule has 0 N–H and O–H groups in total. The molecule has 6 nitrogen and oxygen atoms in total. The van der Waals surface area contributed by atoms with Gasteiger partial charge in [0.2, 0.25) is 0 Å². The molecule has 2 aromatic heterocycles. The normalized spacial score (nSPS) is 16.9. The van der Waals surface area contributed by atoms with Gasteiger partial charge in [-0.25, -0.2) is 9.48 Å². The molecule has 1 aliphatic rings. The molecule has 1 aromatic carbocycles. The van der Waals surface area contributed by atoms with Crippen LogP contribution in [0, 0.1) is 6.92 Å². The third-order valence-corrected chi connectivity index (χ3v) is 6.13. The van der Waals surface area contributed by atoms with Crippen molar-refractivity contribution in [3.05, 3.63) is 45.9 Å². The van der Waals surface area contributed by atoms with E-state index in [2.05, 4.69) is 5.10 Å². The van der Waals surface area contributed by atoms with Crippen LogP contribution in [0.5, 0.6) is 0 Å². The number of rotatable bonds is 3. The van der Waals surface area contributed by atoms with Crippen molar-refractivity contribution in [2.75, 3.05) is 13.7 Å². The average Bonchev–Trinajstić information content (AvgIpc) is 3.37. The Hall–Kier alpha value is -2.38. The standard InChI is InChI=1S/C19H18ClN3O3S/c1-11-14-10-16(17(24)22-8-4-7-15(22)19(25)26-2)27-18(14)23(21-11)13-6-3-5-12(20)9-13/h3,5-6,9-10,15H,4,7-8H2,1-2H3. The van der Waals surface area contributed by atoms with Crippen molar-refractivity contribution in [2.24, 2.45) is 0 Å². The van der Waals surface area contributed by atoms with Crippen LogP contribution in [0.3, 0.4) is 0 Å². The highest BCUT2D eigenvalue weighted by molar-refractivity contribution is 7.20. The van der Waals surface area contributed by atoms with Gasteiger partial charge in [0, 0.05) is 17.0 Å². The molecule has 27 heavy (non-hydrogen) atoms. The number of esters is 1. The maximum atomic E-state index is 13.0. The minimum Gasteiger partial charge on any atom is -0.467 e. The van der Waals surface area contributed by atoms with Crippen molar-refractivity contribution in [1.82, 2.24) is 14.7 Å². The Labute approximate surface area is 165 Å². The highest BCUT2D eigenvalue weighted by atomic mass is 35.5. The van der Waals surface area contributed by atoms with Crippen LogP contribution in [-0.4, -0.2) is 46.3 Å². The number of carbonyl (C=O) groups is 2. The van der Waals surface area contributed by atoms with Gasteiger partial charge in [0.25, 0.3) is 5.91 Å². The lowest BCUT2D eigenvalue weighted by Gasteiger charge is -2.21. The van der Waals surface area contributed by atoms with E-state index in [0.717, 1.165) is 28.0 Å². The summed E-state index contributed by atoms with van der Waals surface area (Å²) < 4.78 is 6.65. The third kappa shape index (κ3) is 3.11. The number of amides is 1. The summed E-state index contributed by atoms with van der Waals surface area (Å²) in [6.45, 7) is 2.48. The number of fused-ring (bicyclic) bond motifs is 1. The Morgan fingerprint density at radius 2 is 2.15 bits per heavy atom. The molecule has 1 atom stereocenters. The van der Waals surface area contributed by atoms with E-state index in [4.69, 9.17) is 16.3 Å². The molecule has 0 aliphatic carbocycles. The Morgan fingerprint density at radius 3 is 2.89 bits per heavy atom. The van der Waals surface area contributed by atoms with Crippen LogP contribution in [0.25, 0.3) is 15.9 Å². The van der Waals surface area contributed by atoms with Crippen molar-refractivity contribution in [3.63, 3.8) is 0 Å². The lowest BCUT2D eigenvalue weighted by Crippen LogP contribution is -2.40. The number of ether oxygens (including phenoxy) is 1. The van der Waals surface area contributed by atoms with Crippen LogP contribution in [0.1, 0.15) is 28.2 Å². The third-order valence-electron chi connectivity index (χ3n) is 4.80. The highest BCUT2D eigenvalue weighted by Crippen LogP contribution is 2.33. The van der Waals surface area contributed by atoms with E-state index >= 15 is 0 Å². The van der Waals surface area contributed by atoms with Gasteiger partial charge in [0.15, 0.2) is 0 Å². The fourth-order valence-corrected chi connectivity index (χ4v) is 4.79. The Morgan fingerprint density at radius 1 is 1.33 bits per heavy atom. The molecule has 140 valence electrons. The molecular formula is C19H18ClN3O3S. The van der Waals surface area contributed by atoms with Crippen molar-refractivity contribution >= 4 is 45.0 Å². The molecule has 0 radical (unpaired) electrons. The minimum absolute atomic E-state index is 0.138. The zero-order chi connectivity index (χ0) is 19.1. The fraction of sp³-hybridized carbons (Fsp3) is 0.316. The molecular weight excluding hydrogens is 386 g/mol. The van der Waals surface area contributed by atoms with Gasteiger partial charge >= 0.3 is 5.97 Å². The van der Waals surface area contributed by atoms with Gasteiger partial charge in [-0.15, -0.1) is 11.3 Å². The Balaban J connectivity index is 1.73. The summed E-state index contributed by atoms with van der Waals surface area (Å²) in [7, 11) is 1.35. The van der Waals surface area contributed by atoms with Gasteiger partial charge in [0.05, 0.1) is 23.4 Å². The fourth-order valence-electron chi connectivity index (χ4n) is 3.47. The second-order valence-electron chi connectivity index (χ2n) is 6.49. The quantitative estimate of drug-likeness (QED) is 0.623. The Bertz CT molecular complexity index is 1040. The molecule has 0 saturated carbocycles. The van der Waals surface area contributed by atoms with E-state index in [1.807, 2.05) is 37.3 Å². The van der Waals surface area contributed by atoms with E-state index in [0.29, 0.717) is 22.9 Å². The van der Waals surface area contributed by atoms with Gasteiger partial charge in [-0.2, -0.15) is 5.10 Å². The van der Waals surface area contributed by atoms with Crippen LogP contribution in [0.15, 0.2) is 30.3 Å². The predicted octanol–water partition coefficient (Wildman–Crippen LogP) is 3.83. The zero-order valence-electron chi connectivity index (χ0n) is 14.9. The predicted molar refractivity (Wildman–Crippen MR) is 105 cm³/mol. The molecule has 1 amide bonds. The smallest absolute Gasteiger partial charge is 0.328 e. The number of aromatic nitrogens is 2.